The molecule has 8 nitrogen and oxygen atoms in total. The van der Waals surface area contributed by atoms with Crippen molar-refractivity contribution >= 4 is 21.7 Å². The van der Waals surface area contributed by atoms with E-state index >= 15 is 0 Å². The van der Waals surface area contributed by atoms with Gasteiger partial charge in [-0.3, -0.25) is 9.59 Å². The molecule has 0 spiro atoms. The normalized spacial score (nSPS) is 17.5. The quantitative estimate of drug-likeness (QED) is 0.609. The molecule has 0 atom stereocenters. The van der Waals surface area contributed by atoms with E-state index in [0.29, 0.717) is 50.1 Å². The van der Waals surface area contributed by atoms with Gasteiger partial charge in [0.25, 0.3) is 11.8 Å². The van der Waals surface area contributed by atoms with E-state index in [1.54, 1.807) is 28.0 Å². The third kappa shape index (κ3) is 5.65. The van der Waals surface area contributed by atoms with E-state index < -0.39 is 15.4 Å². The number of piperazine rings is 1. The summed E-state index contributed by atoms with van der Waals surface area (Å²) >= 11 is 0. The number of carbonyl (C=O) groups is 2. The van der Waals surface area contributed by atoms with Gasteiger partial charge in [-0.1, -0.05) is 36.4 Å². The van der Waals surface area contributed by atoms with Gasteiger partial charge in [0.05, 0.1) is 18.1 Å². The Hall–Kier alpha value is -2.75. The molecule has 4 rings (SSSR count). The summed E-state index contributed by atoms with van der Waals surface area (Å²) in [5, 5.41) is 10.0. The minimum absolute atomic E-state index is 0.0200. The fourth-order valence-electron chi connectivity index (χ4n) is 4.10. The minimum Gasteiger partial charge on any atom is -0.384 e. The van der Waals surface area contributed by atoms with Gasteiger partial charge < -0.3 is 19.6 Å². The first-order valence-corrected chi connectivity index (χ1v) is 13.2. The van der Waals surface area contributed by atoms with Gasteiger partial charge in [0.1, 0.15) is 5.60 Å². The molecule has 0 bridgehead atoms. The summed E-state index contributed by atoms with van der Waals surface area (Å²) in [5.74, 6) is -0.389. The Bertz CT molecular complexity index is 1150. The maximum Gasteiger partial charge on any atom is 0.254 e. The molecule has 1 aliphatic carbocycles. The molecule has 1 aliphatic heterocycles. The highest BCUT2D eigenvalue weighted by Gasteiger charge is 2.50. The molecule has 2 aliphatic rings. The summed E-state index contributed by atoms with van der Waals surface area (Å²) in [6.45, 7) is 1.88. The Labute approximate surface area is 200 Å². The Morgan fingerprint density at radius 1 is 0.971 bits per heavy atom. The average molecular weight is 487 g/mol. The first-order chi connectivity index (χ1) is 16.2. The van der Waals surface area contributed by atoms with Gasteiger partial charge in [-0.05, 0) is 41.7 Å². The topological polar surface area (TPSA) is 104 Å². The summed E-state index contributed by atoms with van der Waals surface area (Å²) in [5.41, 5.74) is 1.86. The molecule has 0 aromatic heterocycles. The summed E-state index contributed by atoms with van der Waals surface area (Å²) in [6, 6.07) is 14.6. The summed E-state index contributed by atoms with van der Waals surface area (Å²) in [4.78, 5) is 28.6. The molecule has 2 aromatic carbocycles. The van der Waals surface area contributed by atoms with E-state index in [1.165, 1.54) is 7.11 Å². The van der Waals surface area contributed by atoms with E-state index in [0.717, 1.165) is 11.1 Å². The van der Waals surface area contributed by atoms with Crippen LogP contribution in [-0.2, 0) is 25.1 Å². The molecule has 2 aromatic rings. The molecule has 0 radical (unpaired) electrons. The van der Waals surface area contributed by atoms with E-state index in [2.05, 4.69) is 0 Å². The summed E-state index contributed by atoms with van der Waals surface area (Å²) in [6.07, 6.45) is 1.04. The standard InChI is InChI=1S/C25H30N2O6S/c1-33-15-16-34(31,32)18-19-3-2-4-22(17-19)20-5-7-21(8-6-20)23(28)26-11-13-27(14-12-26)24(29)25(30)9-10-25/h2-8,17,30H,9-16,18H2,1H3. The van der Waals surface area contributed by atoms with Crippen molar-refractivity contribution in [3.8, 4) is 11.1 Å². The maximum atomic E-state index is 12.9. The van der Waals surface area contributed by atoms with E-state index in [4.69, 9.17) is 4.74 Å². The van der Waals surface area contributed by atoms with Gasteiger partial charge in [-0.25, -0.2) is 8.42 Å². The van der Waals surface area contributed by atoms with Crippen molar-refractivity contribution in [3.05, 3.63) is 59.7 Å². The van der Waals surface area contributed by atoms with Crippen molar-refractivity contribution in [2.45, 2.75) is 24.2 Å². The number of amides is 2. The Kier molecular flexibility index (Phi) is 7.06. The maximum absolute atomic E-state index is 12.9. The second-order valence-electron chi connectivity index (χ2n) is 8.98. The number of carbonyl (C=O) groups excluding carboxylic acids is 2. The van der Waals surface area contributed by atoms with E-state index in [9.17, 15) is 23.1 Å². The van der Waals surface area contributed by atoms with Gasteiger partial charge >= 0.3 is 0 Å². The van der Waals surface area contributed by atoms with Gasteiger partial charge in [0.2, 0.25) is 0 Å². The van der Waals surface area contributed by atoms with Crippen molar-refractivity contribution in [3.63, 3.8) is 0 Å². The number of rotatable bonds is 8. The van der Waals surface area contributed by atoms with Crippen molar-refractivity contribution in [1.29, 1.82) is 0 Å². The van der Waals surface area contributed by atoms with Crippen molar-refractivity contribution in [2.24, 2.45) is 0 Å². The van der Waals surface area contributed by atoms with Crippen LogP contribution in [0.2, 0.25) is 0 Å². The second kappa shape index (κ2) is 9.85. The SMILES string of the molecule is COCCS(=O)(=O)Cc1cccc(-c2ccc(C(=O)N3CCN(C(=O)C4(O)CC4)CC3)cc2)c1. The number of sulfone groups is 1. The number of ether oxygens (including phenoxy) is 1. The predicted molar refractivity (Wildman–Crippen MR) is 128 cm³/mol. The lowest BCUT2D eigenvalue weighted by Crippen LogP contribution is -2.53. The molecule has 34 heavy (non-hydrogen) atoms. The number of nitrogens with zero attached hydrogens (tertiary/aromatic N) is 2. The number of aliphatic hydroxyl groups is 1. The third-order valence-corrected chi connectivity index (χ3v) is 7.91. The first-order valence-electron chi connectivity index (χ1n) is 11.4. The molecule has 2 amide bonds. The molecule has 0 unspecified atom stereocenters. The largest absolute Gasteiger partial charge is 0.384 e. The predicted octanol–water partition coefficient (Wildman–Crippen LogP) is 1.72. The minimum atomic E-state index is -3.25. The molecule has 9 heteroatoms. The molecular weight excluding hydrogens is 456 g/mol. The number of hydrogen-bond acceptors (Lipinski definition) is 6. The van der Waals surface area contributed by atoms with Gasteiger partial charge in [-0.15, -0.1) is 0 Å². The van der Waals surface area contributed by atoms with Crippen LogP contribution in [0.3, 0.4) is 0 Å². The highest BCUT2D eigenvalue weighted by Crippen LogP contribution is 2.37. The molecular formula is C25H30N2O6S. The van der Waals surface area contributed by atoms with Crippen LogP contribution in [0.5, 0.6) is 0 Å². The smallest absolute Gasteiger partial charge is 0.254 e. The van der Waals surface area contributed by atoms with Gasteiger partial charge in [0, 0.05) is 38.9 Å². The zero-order valence-corrected chi connectivity index (χ0v) is 20.1. The number of hydrogen-bond donors (Lipinski definition) is 1. The molecule has 182 valence electrons. The fraction of sp³-hybridized carbons (Fsp3) is 0.440. The third-order valence-electron chi connectivity index (χ3n) is 6.35. The van der Waals surface area contributed by atoms with Crippen LogP contribution in [0.1, 0.15) is 28.8 Å². The summed E-state index contributed by atoms with van der Waals surface area (Å²) < 4.78 is 29.3. The van der Waals surface area contributed by atoms with Crippen LogP contribution < -0.4 is 0 Å². The van der Waals surface area contributed by atoms with Crippen LogP contribution in [-0.4, -0.2) is 86.4 Å². The zero-order valence-electron chi connectivity index (χ0n) is 19.3. The van der Waals surface area contributed by atoms with Crippen LogP contribution in [0, 0.1) is 0 Å². The van der Waals surface area contributed by atoms with Crippen LogP contribution >= 0.6 is 0 Å². The Balaban J connectivity index is 1.38. The fourth-order valence-corrected chi connectivity index (χ4v) is 5.36. The first kappa shape index (κ1) is 24.4. The van der Waals surface area contributed by atoms with Crippen molar-refractivity contribution in [2.75, 3.05) is 45.6 Å². The highest BCUT2D eigenvalue weighted by molar-refractivity contribution is 7.90. The highest BCUT2D eigenvalue weighted by atomic mass is 32.2. The molecule has 1 saturated heterocycles. The van der Waals surface area contributed by atoms with Crippen LogP contribution in [0.25, 0.3) is 11.1 Å². The molecule has 2 fully saturated rings. The molecule has 1 saturated carbocycles. The number of benzene rings is 2. The van der Waals surface area contributed by atoms with Crippen LogP contribution in [0.4, 0.5) is 0 Å². The van der Waals surface area contributed by atoms with Crippen molar-refractivity contribution in [1.82, 2.24) is 9.80 Å². The van der Waals surface area contributed by atoms with Crippen LogP contribution in [0.15, 0.2) is 48.5 Å². The average Bonchev–Trinajstić information content (AvgIpc) is 3.60. The van der Waals surface area contributed by atoms with E-state index in [-0.39, 0.29) is 29.9 Å². The zero-order chi connectivity index (χ0) is 24.3. The monoisotopic (exact) mass is 486 g/mol. The lowest BCUT2D eigenvalue weighted by atomic mass is 10.0. The lowest BCUT2D eigenvalue weighted by molar-refractivity contribution is -0.143. The lowest BCUT2D eigenvalue weighted by Gasteiger charge is -2.35. The van der Waals surface area contributed by atoms with Gasteiger partial charge in [-0.2, -0.15) is 0 Å². The Morgan fingerprint density at radius 2 is 1.62 bits per heavy atom. The van der Waals surface area contributed by atoms with Gasteiger partial charge in [0.15, 0.2) is 9.84 Å². The van der Waals surface area contributed by atoms with E-state index in [1.807, 2.05) is 30.3 Å². The Morgan fingerprint density at radius 3 is 2.24 bits per heavy atom. The summed E-state index contributed by atoms with van der Waals surface area (Å²) in [7, 11) is -1.78. The molecule has 1 N–H and O–H groups in total. The number of methoxy groups -OCH3 is 1. The molecule has 1 heterocycles. The van der Waals surface area contributed by atoms with Crippen molar-refractivity contribution < 1.29 is 27.9 Å². The second-order valence-corrected chi connectivity index (χ2v) is 11.2.